The zero-order valence-corrected chi connectivity index (χ0v) is 19.0. The van der Waals surface area contributed by atoms with Gasteiger partial charge in [-0.05, 0) is 31.0 Å². The summed E-state index contributed by atoms with van der Waals surface area (Å²) < 4.78 is 12.6. The standard InChI is InChI=1S/C24H24N4O4S/c1-31-19-11-5-4-10-18(19)28-23(30)22-21(16-8-2-3-9-17(16)26-22)27-24(28)33-14-20(29)25-13-15-7-6-12-32-15/h2-5,8-11,15,26H,6-7,12-14H2,1H3,(H,25,29)/t15-/m1/s1. The van der Waals surface area contributed by atoms with Crippen LogP contribution in [0.1, 0.15) is 12.8 Å². The second-order valence-corrected chi connectivity index (χ2v) is 8.77. The fraction of sp³-hybridized carbons (Fsp3) is 0.292. The van der Waals surface area contributed by atoms with E-state index < -0.39 is 0 Å². The Morgan fingerprint density at radius 1 is 1.27 bits per heavy atom. The van der Waals surface area contributed by atoms with E-state index in [1.54, 1.807) is 19.2 Å². The third-order valence-corrected chi connectivity index (χ3v) is 6.64. The fourth-order valence-electron chi connectivity index (χ4n) is 4.08. The molecule has 33 heavy (non-hydrogen) atoms. The fourth-order valence-corrected chi connectivity index (χ4v) is 4.91. The number of methoxy groups -OCH3 is 1. The second kappa shape index (κ2) is 9.29. The Hall–Kier alpha value is -3.30. The van der Waals surface area contributed by atoms with E-state index in [9.17, 15) is 9.59 Å². The molecule has 2 aromatic carbocycles. The van der Waals surface area contributed by atoms with Crippen LogP contribution in [0.3, 0.4) is 0 Å². The molecule has 1 atom stereocenters. The molecule has 9 heteroatoms. The van der Waals surface area contributed by atoms with Gasteiger partial charge in [-0.2, -0.15) is 0 Å². The number of ether oxygens (including phenoxy) is 2. The predicted molar refractivity (Wildman–Crippen MR) is 128 cm³/mol. The maximum Gasteiger partial charge on any atom is 0.283 e. The summed E-state index contributed by atoms with van der Waals surface area (Å²) in [6.45, 7) is 1.24. The van der Waals surface area contributed by atoms with Gasteiger partial charge in [0, 0.05) is 24.1 Å². The molecule has 2 aromatic heterocycles. The second-order valence-electron chi connectivity index (χ2n) is 7.83. The van der Waals surface area contributed by atoms with Crippen molar-refractivity contribution in [3.05, 3.63) is 58.9 Å². The Balaban J connectivity index is 1.54. The summed E-state index contributed by atoms with van der Waals surface area (Å²) in [4.78, 5) is 34.2. The normalized spacial score (nSPS) is 15.8. The van der Waals surface area contributed by atoms with E-state index in [1.807, 2.05) is 36.4 Å². The molecule has 0 radical (unpaired) electrons. The molecule has 1 amide bonds. The maximum absolute atomic E-state index is 13.6. The highest BCUT2D eigenvalue weighted by atomic mass is 32.2. The molecule has 1 aliphatic rings. The molecule has 1 aliphatic heterocycles. The van der Waals surface area contributed by atoms with Gasteiger partial charge >= 0.3 is 0 Å². The number of hydrogen-bond donors (Lipinski definition) is 2. The van der Waals surface area contributed by atoms with Gasteiger partial charge in [0.05, 0.1) is 24.7 Å². The average Bonchev–Trinajstić information content (AvgIpc) is 3.50. The molecule has 3 heterocycles. The van der Waals surface area contributed by atoms with Gasteiger partial charge in [0.2, 0.25) is 5.91 Å². The first-order valence-electron chi connectivity index (χ1n) is 10.8. The number of para-hydroxylation sites is 3. The van der Waals surface area contributed by atoms with Crippen LogP contribution >= 0.6 is 11.8 Å². The Kier molecular flexibility index (Phi) is 6.06. The topological polar surface area (TPSA) is 98.2 Å². The highest BCUT2D eigenvalue weighted by Crippen LogP contribution is 2.29. The van der Waals surface area contributed by atoms with Crippen molar-refractivity contribution in [3.8, 4) is 11.4 Å². The van der Waals surface area contributed by atoms with Crippen molar-refractivity contribution >= 4 is 39.6 Å². The summed E-state index contributed by atoms with van der Waals surface area (Å²) in [7, 11) is 1.56. The van der Waals surface area contributed by atoms with Crippen molar-refractivity contribution in [3.63, 3.8) is 0 Å². The van der Waals surface area contributed by atoms with Gasteiger partial charge in [-0.15, -0.1) is 0 Å². The third kappa shape index (κ3) is 4.21. The number of carbonyl (C=O) groups is 1. The number of aromatic nitrogens is 3. The van der Waals surface area contributed by atoms with E-state index in [4.69, 9.17) is 14.5 Å². The van der Waals surface area contributed by atoms with E-state index in [0.29, 0.717) is 34.2 Å². The maximum atomic E-state index is 13.6. The predicted octanol–water partition coefficient (Wildman–Crippen LogP) is 3.26. The van der Waals surface area contributed by atoms with E-state index >= 15 is 0 Å². The number of amides is 1. The minimum Gasteiger partial charge on any atom is -0.495 e. The molecule has 8 nitrogen and oxygen atoms in total. The van der Waals surface area contributed by atoms with Gasteiger partial charge in [-0.3, -0.25) is 9.59 Å². The molecule has 1 fully saturated rings. The van der Waals surface area contributed by atoms with Crippen LogP contribution in [-0.4, -0.2) is 52.6 Å². The molecule has 1 saturated heterocycles. The first kappa shape index (κ1) is 21.5. The van der Waals surface area contributed by atoms with E-state index in [0.717, 1.165) is 30.4 Å². The number of H-pyrrole nitrogens is 1. The van der Waals surface area contributed by atoms with Gasteiger partial charge in [-0.1, -0.05) is 42.1 Å². The number of benzene rings is 2. The number of carbonyl (C=O) groups excluding carboxylic acids is 1. The minimum absolute atomic E-state index is 0.0754. The minimum atomic E-state index is -0.247. The molecule has 4 aromatic rings. The van der Waals surface area contributed by atoms with Gasteiger partial charge in [0.15, 0.2) is 5.16 Å². The summed E-state index contributed by atoms with van der Waals surface area (Å²) in [6, 6.07) is 14.9. The van der Waals surface area contributed by atoms with Crippen molar-refractivity contribution in [2.24, 2.45) is 0 Å². The van der Waals surface area contributed by atoms with Crippen molar-refractivity contribution in [1.82, 2.24) is 19.9 Å². The van der Waals surface area contributed by atoms with Gasteiger partial charge < -0.3 is 19.8 Å². The Morgan fingerprint density at radius 2 is 2.09 bits per heavy atom. The largest absolute Gasteiger partial charge is 0.495 e. The zero-order valence-electron chi connectivity index (χ0n) is 18.2. The van der Waals surface area contributed by atoms with Crippen molar-refractivity contribution < 1.29 is 14.3 Å². The Morgan fingerprint density at radius 3 is 2.91 bits per heavy atom. The van der Waals surface area contributed by atoms with E-state index in [1.165, 1.54) is 16.3 Å². The van der Waals surface area contributed by atoms with E-state index in [-0.39, 0.29) is 23.3 Å². The molecule has 5 rings (SSSR count). The van der Waals surface area contributed by atoms with Crippen LogP contribution in [0.2, 0.25) is 0 Å². The van der Waals surface area contributed by atoms with Crippen LogP contribution in [0.25, 0.3) is 27.6 Å². The molecule has 0 saturated carbocycles. The molecular weight excluding hydrogens is 440 g/mol. The smallest absolute Gasteiger partial charge is 0.283 e. The zero-order chi connectivity index (χ0) is 22.8. The highest BCUT2D eigenvalue weighted by molar-refractivity contribution is 7.99. The Labute approximate surface area is 194 Å². The van der Waals surface area contributed by atoms with Gasteiger partial charge in [0.25, 0.3) is 5.56 Å². The van der Waals surface area contributed by atoms with Crippen LogP contribution in [0.5, 0.6) is 5.75 Å². The lowest BCUT2D eigenvalue weighted by atomic mass is 10.2. The van der Waals surface area contributed by atoms with Crippen molar-refractivity contribution in [2.45, 2.75) is 24.1 Å². The average molecular weight is 465 g/mol. The summed E-state index contributed by atoms with van der Waals surface area (Å²) in [5.74, 6) is 0.541. The van der Waals surface area contributed by atoms with Gasteiger partial charge in [-0.25, -0.2) is 9.55 Å². The summed E-state index contributed by atoms with van der Waals surface area (Å²) in [6.07, 6.45) is 2.06. The molecule has 0 unspecified atom stereocenters. The lowest BCUT2D eigenvalue weighted by Gasteiger charge is -2.15. The number of fused-ring (bicyclic) bond motifs is 3. The highest BCUT2D eigenvalue weighted by Gasteiger charge is 2.21. The van der Waals surface area contributed by atoms with Crippen molar-refractivity contribution in [2.75, 3.05) is 26.0 Å². The number of thioether (sulfide) groups is 1. The monoisotopic (exact) mass is 464 g/mol. The SMILES string of the molecule is COc1ccccc1-n1c(SCC(=O)NC[C@H]2CCCO2)nc2c([nH]c3ccccc32)c1=O. The van der Waals surface area contributed by atoms with Crippen LogP contribution in [-0.2, 0) is 9.53 Å². The van der Waals surface area contributed by atoms with Crippen molar-refractivity contribution in [1.29, 1.82) is 0 Å². The summed E-state index contributed by atoms with van der Waals surface area (Å²) >= 11 is 1.22. The number of rotatable bonds is 7. The summed E-state index contributed by atoms with van der Waals surface area (Å²) in [5, 5.41) is 4.21. The number of hydrogen-bond acceptors (Lipinski definition) is 6. The first-order valence-corrected chi connectivity index (χ1v) is 11.8. The molecule has 2 N–H and O–H groups in total. The van der Waals surface area contributed by atoms with Crippen LogP contribution < -0.4 is 15.6 Å². The number of nitrogens with one attached hydrogen (secondary N) is 2. The van der Waals surface area contributed by atoms with Crippen LogP contribution in [0.4, 0.5) is 0 Å². The molecule has 0 bridgehead atoms. The number of aromatic amines is 1. The van der Waals surface area contributed by atoms with Crippen LogP contribution in [0.15, 0.2) is 58.5 Å². The molecular formula is C24H24N4O4S. The number of nitrogens with zero attached hydrogens (tertiary/aromatic N) is 2. The van der Waals surface area contributed by atoms with Crippen LogP contribution in [0, 0.1) is 0 Å². The Bertz CT molecular complexity index is 1370. The van der Waals surface area contributed by atoms with E-state index in [2.05, 4.69) is 10.3 Å². The quantitative estimate of drug-likeness (QED) is 0.322. The lowest BCUT2D eigenvalue weighted by molar-refractivity contribution is -0.119. The third-order valence-electron chi connectivity index (χ3n) is 5.70. The molecule has 170 valence electrons. The first-order chi connectivity index (χ1) is 16.2. The van der Waals surface area contributed by atoms with Gasteiger partial charge in [0.1, 0.15) is 16.8 Å². The lowest BCUT2D eigenvalue weighted by Crippen LogP contribution is -2.33. The molecule has 0 aliphatic carbocycles. The summed E-state index contributed by atoms with van der Waals surface area (Å²) in [5.41, 5.74) is 2.15. The molecule has 0 spiro atoms.